The van der Waals surface area contributed by atoms with Gasteiger partial charge >= 0.3 is 5.97 Å². The summed E-state index contributed by atoms with van der Waals surface area (Å²) in [6, 6.07) is 12.9. The number of rotatable bonds is 8. The minimum absolute atomic E-state index is 0.0122. The molecule has 0 bridgehead atoms. The Morgan fingerprint density at radius 2 is 1.88 bits per heavy atom. The van der Waals surface area contributed by atoms with Crippen molar-refractivity contribution in [3.63, 3.8) is 0 Å². The average molecular weight is 466 g/mol. The zero-order chi connectivity index (χ0) is 24.9. The van der Waals surface area contributed by atoms with Crippen LogP contribution in [0, 0.1) is 17.0 Å². The van der Waals surface area contributed by atoms with E-state index in [0.29, 0.717) is 17.0 Å². The summed E-state index contributed by atoms with van der Waals surface area (Å²) in [5.74, 6) is -0.549. The van der Waals surface area contributed by atoms with Crippen LogP contribution in [0.1, 0.15) is 56.1 Å². The van der Waals surface area contributed by atoms with E-state index in [-0.39, 0.29) is 35.5 Å². The van der Waals surface area contributed by atoms with Gasteiger partial charge < -0.3 is 14.6 Å². The van der Waals surface area contributed by atoms with Gasteiger partial charge in [0.05, 0.1) is 11.3 Å². The van der Waals surface area contributed by atoms with Crippen molar-refractivity contribution in [3.05, 3.63) is 81.5 Å². The highest BCUT2D eigenvalue weighted by molar-refractivity contribution is 5.97. The van der Waals surface area contributed by atoms with Crippen LogP contribution in [0.15, 0.2) is 53.1 Å². The summed E-state index contributed by atoms with van der Waals surface area (Å²) in [6.45, 7) is 7.53. The predicted octanol–water partition coefficient (Wildman–Crippen LogP) is 4.44. The third-order valence-corrected chi connectivity index (χ3v) is 4.88. The molecular weight excluding hydrogens is 440 g/mol. The van der Waals surface area contributed by atoms with Gasteiger partial charge in [-0.2, -0.15) is 4.98 Å². The number of nitro groups is 1. The number of nitro benzene ring substituents is 1. The van der Waals surface area contributed by atoms with Crippen molar-refractivity contribution in [2.24, 2.45) is 0 Å². The molecule has 3 rings (SSSR count). The molecule has 1 N–H and O–H groups in total. The second-order valence-corrected chi connectivity index (χ2v) is 8.81. The summed E-state index contributed by atoms with van der Waals surface area (Å²) >= 11 is 0. The fourth-order valence-electron chi connectivity index (χ4n) is 3.06. The monoisotopic (exact) mass is 466 g/mol. The Morgan fingerprint density at radius 3 is 2.50 bits per heavy atom. The second-order valence-electron chi connectivity index (χ2n) is 8.81. The predicted molar refractivity (Wildman–Crippen MR) is 123 cm³/mol. The molecule has 0 radical (unpaired) electrons. The van der Waals surface area contributed by atoms with Crippen LogP contribution in [0.3, 0.4) is 0 Å². The van der Waals surface area contributed by atoms with Gasteiger partial charge in [-0.1, -0.05) is 62.3 Å². The number of benzene rings is 2. The normalized spacial score (nSPS) is 12.1. The molecule has 0 spiro atoms. The van der Waals surface area contributed by atoms with E-state index in [4.69, 9.17) is 9.26 Å². The maximum absolute atomic E-state index is 13.0. The lowest BCUT2D eigenvalue weighted by Crippen LogP contribution is -2.26. The Hall–Kier alpha value is -4.08. The van der Waals surface area contributed by atoms with Crippen LogP contribution in [0.25, 0.3) is 0 Å². The molecule has 0 aliphatic carbocycles. The molecule has 3 aromatic rings. The molecule has 0 saturated heterocycles. The molecule has 0 aliphatic heterocycles. The fourth-order valence-corrected chi connectivity index (χ4v) is 3.06. The molecule has 10 nitrogen and oxygen atoms in total. The molecule has 0 aliphatic rings. The van der Waals surface area contributed by atoms with E-state index in [9.17, 15) is 19.7 Å². The molecule has 1 aromatic heterocycles. The van der Waals surface area contributed by atoms with E-state index in [2.05, 4.69) is 15.5 Å². The van der Waals surface area contributed by atoms with Crippen LogP contribution in [0.5, 0.6) is 0 Å². The average Bonchev–Trinajstić information content (AvgIpc) is 3.27. The van der Waals surface area contributed by atoms with E-state index in [0.717, 1.165) is 0 Å². The lowest BCUT2D eigenvalue weighted by molar-refractivity contribution is -0.384. The van der Waals surface area contributed by atoms with Gasteiger partial charge in [0.1, 0.15) is 5.69 Å². The highest BCUT2D eigenvalue weighted by Gasteiger charge is 2.28. The van der Waals surface area contributed by atoms with Gasteiger partial charge in [0.2, 0.25) is 12.0 Å². The summed E-state index contributed by atoms with van der Waals surface area (Å²) in [5, 5.41) is 17.8. The Bertz CT molecular complexity index is 1180. The van der Waals surface area contributed by atoms with Gasteiger partial charge in [-0.3, -0.25) is 19.7 Å². The molecule has 1 unspecified atom stereocenters. The lowest BCUT2D eigenvalue weighted by Gasteiger charge is -2.18. The molecule has 1 atom stereocenters. The number of nitrogens with one attached hydrogen (secondary N) is 1. The summed E-state index contributed by atoms with van der Waals surface area (Å²) in [5.41, 5.74) is 0.565. The van der Waals surface area contributed by atoms with Gasteiger partial charge in [-0.25, -0.2) is 0 Å². The summed E-state index contributed by atoms with van der Waals surface area (Å²) < 4.78 is 10.7. The molecule has 0 fully saturated rings. The molecule has 2 aromatic carbocycles. The van der Waals surface area contributed by atoms with Crippen molar-refractivity contribution in [2.75, 3.05) is 5.32 Å². The molecule has 1 heterocycles. The Kier molecular flexibility index (Phi) is 7.40. The van der Waals surface area contributed by atoms with Crippen molar-refractivity contribution in [3.8, 4) is 0 Å². The summed E-state index contributed by atoms with van der Waals surface area (Å²) in [7, 11) is 0. The third-order valence-electron chi connectivity index (χ3n) is 4.88. The van der Waals surface area contributed by atoms with Gasteiger partial charge in [0.15, 0.2) is 5.82 Å². The maximum Gasteiger partial charge on any atom is 0.307 e. The van der Waals surface area contributed by atoms with Crippen LogP contribution < -0.4 is 5.32 Å². The molecule has 0 saturated carbocycles. The Labute approximate surface area is 196 Å². The Morgan fingerprint density at radius 1 is 1.18 bits per heavy atom. The van der Waals surface area contributed by atoms with Crippen molar-refractivity contribution in [1.29, 1.82) is 0 Å². The smallest absolute Gasteiger partial charge is 0.307 e. The first kappa shape index (κ1) is 24.6. The van der Waals surface area contributed by atoms with Gasteiger partial charge in [0.25, 0.3) is 11.6 Å². The van der Waals surface area contributed by atoms with Gasteiger partial charge in [0, 0.05) is 23.5 Å². The number of ether oxygens (including phenoxy) is 1. The first-order valence-corrected chi connectivity index (χ1v) is 10.7. The number of hydrogen-bond acceptors (Lipinski definition) is 8. The number of anilines is 1. The third kappa shape index (κ3) is 6.25. The second kappa shape index (κ2) is 10.2. The van der Waals surface area contributed by atoms with Crippen LogP contribution in [-0.2, 0) is 26.2 Å². The molecule has 10 heteroatoms. The van der Waals surface area contributed by atoms with E-state index < -0.39 is 22.9 Å². The van der Waals surface area contributed by atoms with Crippen molar-refractivity contribution < 1.29 is 23.8 Å². The number of nitrogens with zero attached hydrogens (tertiary/aromatic N) is 3. The molecular formula is C24H26N4O6. The van der Waals surface area contributed by atoms with Crippen LogP contribution in [0.4, 0.5) is 11.4 Å². The first-order chi connectivity index (χ1) is 16.0. The number of carbonyl (C=O) groups excluding carboxylic acids is 2. The van der Waals surface area contributed by atoms with Gasteiger partial charge in [-0.05, 0) is 18.6 Å². The van der Waals surface area contributed by atoms with E-state index in [1.807, 2.05) is 20.8 Å². The highest BCUT2D eigenvalue weighted by Crippen LogP contribution is 2.28. The number of esters is 1. The molecule has 178 valence electrons. The fraction of sp³-hybridized carbons (Fsp3) is 0.333. The van der Waals surface area contributed by atoms with Crippen molar-refractivity contribution >= 4 is 23.3 Å². The Balaban J connectivity index is 1.74. The SMILES string of the molecule is Cc1ccc(NC(=O)C(OC(=O)CCc2nc(C(C)(C)C)no2)c2ccccc2)c([N+](=O)[O-])c1. The van der Waals surface area contributed by atoms with E-state index in [1.54, 1.807) is 43.3 Å². The van der Waals surface area contributed by atoms with Crippen LogP contribution >= 0.6 is 0 Å². The summed E-state index contributed by atoms with van der Waals surface area (Å²) in [4.78, 5) is 40.7. The lowest BCUT2D eigenvalue weighted by atomic mass is 9.96. The zero-order valence-electron chi connectivity index (χ0n) is 19.4. The largest absolute Gasteiger partial charge is 0.447 e. The minimum atomic E-state index is -1.30. The van der Waals surface area contributed by atoms with E-state index >= 15 is 0 Å². The van der Waals surface area contributed by atoms with Crippen molar-refractivity contribution in [1.82, 2.24) is 10.1 Å². The van der Waals surface area contributed by atoms with E-state index in [1.165, 1.54) is 12.1 Å². The highest BCUT2D eigenvalue weighted by atomic mass is 16.6. The molecule has 34 heavy (non-hydrogen) atoms. The summed E-state index contributed by atoms with van der Waals surface area (Å²) in [6.07, 6.45) is -1.25. The number of carbonyl (C=O) groups is 2. The standard InChI is InChI=1S/C24H26N4O6/c1-15-10-11-17(18(14-15)28(31)32)25-22(30)21(16-8-6-5-7-9-16)33-20(29)13-12-19-26-23(27-34-19)24(2,3)4/h5-11,14,21H,12-13H2,1-4H3,(H,25,30). The zero-order valence-corrected chi connectivity index (χ0v) is 19.4. The van der Waals surface area contributed by atoms with Crippen LogP contribution in [0.2, 0.25) is 0 Å². The number of aryl methyl sites for hydroxylation is 2. The van der Waals surface area contributed by atoms with Crippen molar-refractivity contribution in [2.45, 2.75) is 52.1 Å². The molecule has 1 amide bonds. The number of aromatic nitrogens is 2. The number of hydrogen-bond donors (Lipinski definition) is 1. The topological polar surface area (TPSA) is 137 Å². The quantitative estimate of drug-likeness (QED) is 0.292. The first-order valence-electron chi connectivity index (χ1n) is 10.7. The van der Waals surface area contributed by atoms with Gasteiger partial charge in [-0.15, -0.1) is 0 Å². The maximum atomic E-state index is 13.0. The minimum Gasteiger partial charge on any atom is -0.447 e. The van der Waals surface area contributed by atoms with Crippen LogP contribution in [-0.4, -0.2) is 26.9 Å². The number of amides is 1.